The predicted octanol–water partition coefficient (Wildman–Crippen LogP) is 6.19. The minimum absolute atomic E-state index is 0.438. The number of aryl methyl sites for hydroxylation is 1. The van der Waals surface area contributed by atoms with Crippen molar-refractivity contribution in [2.75, 3.05) is 4.90 Å². The van der Waals surface area contributed by atoms with Gasteiger partial charge in [-0.15, -0.1) is 11.8 Å². The van der Waals surface area contributed by atoms with Crippen molar-refractivity contribution in [1.29, 1.82) is 0 Å². The van der Waals surface area contributed by atoms with Gasteiger partial charge in [0.15, 0.2) is 0 Å². The second-order valence-corrected chi connectivity index (χ2v) is 8.61. The van der Waals surface area contributed by atoms with Gasteiger partial charge in [-0.3, -0.25) is 0 Å². The molecule has 1 saturated carbocycles. The minimum Gasteiger partial charge on any atom is -0.351 e. The van der Waals surface area contributed by atoms with Crippen LogP contribution in [0, 0.1) is 12.8 Å². The molecule has 0 spiro atoms. The Morgan fingerprint density at radius 3 is 2.29 bits per heavy atom. The van der Waals surface area contributed by atoms with E-state index < -0.39 is 0 Å². The summed E-state index contributed by atoms with van der Waals surface area (Å²) in [5, 5.41) is 1.19. The third-order valence-electron chi connectivity index (χ3n) is 5.80. The number of thioether (sulfide) groups is 1. The van der Waals surface area contributed by atoms with Gasteiger partial charge in [-0.25, -0.2) is 0 Å². The van der Waals surface area contributed by atoms with E-state index >= 15 is 0 Å². The molecule has 1 aliphatic carbocycles. The molecule has 2 aliphatic rings. The molecule has 2 aromatic carbocycles. The summed E-state index contributed by atoms with van der Waals surface area (Å²) in [5.41, 5.74) is 4.24. The Labute approximate surface area is 150 Å². The zero-order valence-corrected chi connectivity index (χ0v) is 15.5. The molecule has 1 saturated heterocycles. The number of hydrogen-bond donors (Lipinski definition) is 0. The third kappa shape index (κ3) is 2.86. The Bertz CT molecular complexity index is 677. The minimum atomic E-state index is 0.438. The van der Waals surface area contributed by atoms with Crippen molar-refractivity contribution in [1.82, 2.24) is 0 Å². The summed E-state index contributed by atoms with van der Waals surface area (Å²) in [7, 11) is 0. The lowest BCUT2D eigenvalue weighted by molar-refractivity contribution is 0.471. The zero-order valence-electron chi connectivity index (χ0n) is 14.7. The molecular formula is C22H27NS. The van der Waals surface area contributed by atoms with Crippen molar-refractivity contribution in [2.45, 2.75) is 56.2 Å². The highest BCUT2D eigenvalue weighted by molar-refractivity contribution is 8.00. The normalized spacial score (nSPS) is 27.8. The molecule has 0 bridgehead atoms. The first-order valence-corrected chi connectivity index (χ1v) is 10.2. The highest BCUT2D eigenvalue weighted by atomic mass is 32.2. The van der Waals surface area contributed by atoms with Gasteiger partial charge in [-0.2, -0.15) is 0 Å². The van der Waals surface area contributed by atoms with Crippen LogP contribution in [0.4, 0.5) is 5.69 Å². The summed E-state index contributed by atoms with van der Waals surface area (Å²) in [4.78, 5) is 2.69. The largest absolute Gasteiger partial charge is 0.351 e. The molecule has 1 aliphatic heterocycles. The summed E-state index contributed by atoms with van der Waals surface area (Å²) in [6, 6.07) is 20.6. The Morgan fingerprint density at radius 1 is 0.917 bits per heavy atom. The first-order valence-electron chi connectivity index (χ1n) is 9.30. The summed E-state index contributed by atoms with van der Waals surface area (Å²) in [6.07, 6.45) is 5.69. The van der Waals surface area contributed by atoms with Crippen molar-refractivity contribution in [3.63, 3.8) is 0 Å². The van der Waals surface area contributed by atoms with Gasteiger partial charge in [-0.1, -0.05) is 61.4 Å². The smallest absolute Gasteiger partial charge is 0.101 e. The molecule has 0 aromatic heterocycles. The number of anilines is 1. The molecule has 3 atom stereocenters. The molecule has 2 unspecified atom stereocenters. The van der Waals surface area contributed by atoms with Crippen LogP contribution in [0.5, 0.6) is 0 Å². The van der Waals surface area contributed by atoms with E-state index in [0.717, 1.165) is 11.2 Å². The fourth-order valence-electron chi connectivity index (χ4n) is 4.55. The number of para-hydroxylation sites is 1. The first kappa shape index (κ1) is 16.1. The SMILES string of the molecule is Cc1ccccc1N1C(c2ccccc2)SC(C2CCCC2)[C@@H]1C. The van der Waals surface area contributed by atoms with Crippen LogP contribution < -0.4 is 4.90 Å². The molecule has 2 aromatic rings. The molecular weight excluding hydrogens is 310 g/mol. The molecule has 0 radical (unpaired) electrons. The molecule has 1 nitrogen and oxygen atoms in total. The van der Waals surface area contributed by atoms with E-state index in [0.29, 0.717) is 11.4 Å². The van der Waals surface area contributed by atoms with Crippen molar-refractivity contribution in [3.8, 4) is 0 Å². The molecule has 4 rings (SSSR count). The van der Waals surface area contributed by atoms with Gasteiger partial charge in [0.2, 0.25) is 0 Å². The van der Waals surface area contributed by atoms with Crippen LogP contribution >= 0.6 is 11.8 Å². The number of nitrogens with zero attached hydrogens (tertiary/aromatic N) is 1. The van der Waals surface area contributed by atoms with Crippen LogP contribution in [0.25, 0.3) is 0 Å². The van der Waals surface area contributed by atoms with Gasteiger partial charge in [0, 0.05) is 17.0 Å². The van der Waals surface area contributed by atoms with Crippen LogP contribution in [-0.2, 0) is 0 Å². The second kappa shape index (κ2) is 6.84. The van der Waals surface area contributed by atoms with E-state index in [1.54, 1.807) is 0 Å². The van der Waals surface area contributed by atoms with Crippen molar-refractivity contribution >= 4 is 17.4 Å². The highest BCUT2D eigenvalue weighted by Gasteiger charge is 2.44. The Kier molecular flexibility index (Phi) is 4.58. The molecule has 126 valence electrons. The van der Waals surface area contributed by atoms with Crippen LogP contribution in [0.2, 0.25) is 0 Å². The van der Waals surface area contributed by atoms with E-state index in [2.05, 4.69) is 85.1 Å². The molecule has 1 heterocycles. The van der Waals surface area contributed by atoms with Crippen LogP contribution in [0.1, 0.15) is 49.1 Å². The fraction of sp³-hybridized carbons (Fsp3) is 0.455. The lowest BCUT2D eigenvalue weighted by Crippen LogP contribution is -2.36. The summed E-state index contributed by atoms with van der Waals surface area (Å²) in [6.45, 7) is 4.70. The van der Waals surface area contributed by atoms with Crippen molar-refractivity contribution in [3.05, 3.63) is 65.7 Å². The summed E-state index contributed by atoms with van der Waals surface area (Å²) in [5.74, 6) is 0.894. The maximum Gasteiger partial charge on any atom is 0.101 e. The van der Waals surface area contributed by atoms with E-state index in [1.807, 2.05) is 0 Å². The number of rotatable bonds is 3. The predicted molar refractivity (Wildman–Crippen MR) is 106 cm³/mol. The van der Waals surface area contributed by atoms with E-state index in [1.165, 1.54) is 42.5 Å². The summed E-state index contributed by atoms with van der Waals surface area (Å²) < 4.78 is 0. The van der Waals surface area contributed by atoms with Gasteiger partial charge in [0.05, 0.1) is 0 Å². The van der Waals surface area contributed by atoms with Gasteiger partial charge in [0.25, 0.3) is 0 Å². The van der Waals surface area contributed by atoms with Crippen LogP contribution in [0.15, 0.2) is 54.6 Å². The zero-order chi connectivity index (χ0) is 16.5. The van der Waals surface area contributed by atoms with Crippen molar-refractivity contribution < 1.29 is 0 Å². The average Bonchev–Trinajstić information content (AvgIpc) is 3.24. The quantitative estimate of drug-likeness (QED) is 0.656. The molecule has 0 N–H and O–H groups in total. The van der Waals surface area contributed by atoms with Gasteiger partial charge < -0.3 is 4.90 Å². The van der Waals surface area contributed by atoms with Gasteiger partial charge in [-0.05, 0) is 49.8 Å². The second-order valence-electron chi connectivity index (χ2n) is 7.34. The van der Waals surface area contributed by atoms with Crippen molar-refractivity contribution in [2.24, 2.45) is 5.92 Å². The molecule has 24 heavy (non-hydrogen) atoms. The van der Waals surface area contributed by atoms with Gasteiger partial charge in [0.1, 0.15) is 5.37 Å². The maximum absolute atomic E-state index is 2.69. The summed E-state index contributed by atoms with van der Waals surface area (Å²) >= 11 is 2.21. The lowest BCUT2D eigenvalue weighted by Gasteiger charge is -2.32. The van der Waals surface area contributed by atoms with Crippen LogP contribution in [-0.4, -0.2) is 11.3 Å². The molecule has 0 amide bonds. The number of hydrogen-bond acceptors (Lipinski definition) is 2. The third-order valence-corrected chi connectivity index (χ3v) is 7.65. The Morgan fingerprint density at radius 2 is 1.58 bits per heavy atom. The van der Waals surface area contributed by atoms with E-state index in [4.69, 9.17) is 0 Å². The average molecular weight is 338 g/mol. The first-order chi connectivity index (χ1) is 11.8. The standard InChI is InChI=1S/C22H27NS/c1-16-10-6-9-15-20(16)23-17(2)21(18-11-7-8-12-18)24-22(23)19-13-4-3-5-14-19/h3-6,9-10,13-15,17-18,21-22H,7-8,11-12H2,1-2H3/t17-,21?,22?/m0/s1. The van der Waals surface area contributed by atoms with Gasteiger partial charge >= 0.3 is 0 Å². The highest BCUT2D eigenvalue weighted by Crippen LogP contribution is 2.53. The fourth-order valence-corrected chi connectivity index (χ4v) is 6.45. The molecule has 2 heteroatoms. The Balaban J connectivity index is 1.73. The number of benzene rings is 2. The Hall–Kier alpha value is -1.41. The lowest BCUT2D eigenvalue weighted by atomic mass is 9.96. The monoisotopic (exact) mass is 337 g/mol. The molecule has 2 fully saturated rings. The topological polar surface area (TPSA) is 3.24 Å². The maximum atomic E-state index is 2.69. The van der Waals surface area contributed by atoms with E-state index in [-0.39, 0.29) is 0 Å². The van der Waals surface area contributed by atoms with E-state index in [9.17, 15) is 0 Å². The van der Waals surface area contributed by atoms with Crippen LogP contribution in [0.3, 0.4) is 0 Å².